The molecule has 0 aliphatic carbocycles. The Labute approximate surface area is 108 Å². The molecule has 1 atom stereocenters. The van der Waals surface area contributed by atoms with Crippen LogP contribution in [-0.2, 0) is 4.74 Å². The fourth-order valence-corrected chi connectivity index (χ4v) is 1.17. The Kier molecular flexibility index (Phi) is 5.81. The second kappa shape index (κ2) is 7.45. The third kappa shape index (κ3) is 4.69. The molecular formula is C12H9BrN2O2. The van der Waals surface area contributed by atoms with E-state index in [0.29, 0.717) is 5.56 Å². The van der Waals surface area contributed by atoms with Crippen LogP contribution in [0.4, 0.5) is 0 Å². The molecule has 1 rings (SSSR count). The monoisotopic (exact) mass is 292 g/mol. The Morgan fingerprint density at radius 3 is 2.76 bits per heavy atom. The van der Waals surface area contributed by atoms with Crippen molar-refractivity contribution in [1.29, 1.82) is 5.26 Å². The van der Waals surface area contributed by atoms with Crippen LogP contribution in [0.3, 0.4) is 0 Å². The van der Waals surface area contributed by atoms with Gasteiger partial charge in [0.25, 0.3) is 5.91 Å². The zero-order valence-corrected chi connectivity index (χ0v) is 10.4. The number of hydrogen-bond acceptors (Lipinski definition) is 3. The molecule has 0 aliphatic rings. The van der Waals surface area contributed by atoms with Gasteiger partial charge in [-0.05, 0) is 17.0 Å². The minimum absolute atomic E-state index is 0.0680. The zero-order valence-electron chi connectivity index (χ0n) is 8.81. The molecule has 17 heavy (non-hydrogen) atoms. The number of nitrogens with zero attached hydrogens (tertiary/aromatic N) is 1. The summed E-state index contributed by atoms with van der Waals surface area (Å²) in [5, 5.41) is 11.2. The summed E-state index contributed by atoms with van der Waals surface area (Å²) in [7, 11) is 0. The minimum atomic E-state index is -1.00. The smallest absolute Gasteiger partial charge is 0.254 e. The van der Waals surface area contributed by atoms with Gasteiger partial charge in [-0.1, -0.05) is 24.1 Å². The molecule has 0 spiro atoms. The summed E-state index contributed by atoms with van der Waals surface area (Å²) in [6.07, 6.45) is -1.00. The van der Waals surface area contributed by atoms with Gasteiger partial charge in [-0.2, -0.15) is 5.26 Å². The first kappa shape index (κ1) is 13.2. The molecule has 4 nitrogen and oxygen atoms in total. The first-order chi connectivity index (χ1) is 8.27. The molecule has 0 aliphatic heterocycles. The fraction of sp³-hybridized carbons (Fsp3) is 0.167. The Balaban J connectivity index is 2.54. The van der Waals surface area contributed by atoms with Crippen molar-refractivity contribution in [3.05, 3.63) is 35.9 Å². The summed E-state index contributed by atoms with van der Waals surface area (Å²) >= 11 is 2.90. The highest BCUT2D eigenvalue weighted by atomic mass is 79.9. The van der Waals surface area contributed by atoms with Crippen LogP contribution >= 0.6 is 15.9 Å². The number of carbonyl (C=O) groups excluding carboxylic acids is 1. The van der Waals surface area contributed by atoms with Crippen molar-refractivity contribution in [2.75, 3.05) is 6.61 Å². The van der Waals surface area contributed by atoms with Gasteiger partial charge >= 0.3 is 0 Å². The number of amides is 1. The highest BCUT2D eigenvalue weighted by molar-refractivity contribution is 9.12. The van der Waals surface area contributed by atoms with Gasteiger partial charge in [0.2, 0.25) is 6.23 Å². The number of nitrogens with one attached hydrogen (secondary N) is 1. The Bertz CT molecular complexity index is 471. The molecule has 0 saturated heterocycles. The van der Waals surface area contributed by atoms with E-state index in [4.69, 9.17) is 10.00 Å². The second-order valence-electron chi connectivity index (χ2n) is 2.93. The summed E-state index contributed by atoms with van der Waals surface area (Å²) in [5.74, 6) is 2.21. The maximum atomic E-state index is 11.7. The Morgan fingerprint density at radius 2 is 2.18 bits per heavy atom. The molecule has 5 heteroatoms. The van der Waals surface area contributed by atoms with Crippen LogP contribution in [-0.4, -0.2) is 18.7 Å². The molecule has 1 aromatic carbocycles. The average Bonchev–Trinajstić information content (AvgIpc) is 2.38. The van der Waals surface area contributed by atoms with Crippen molar-refractivity contribution in [3.63, 3.8) is 0 Å². The van der Waals surface area contributed by atoms with Gasteiger partial charge in [0.15, 0.2) is 0 Å². The quantitative estimate of drug-likeness (QED) is 0.678. The normalized spacial score (nSPS) is 10.6. The lowest BCUT2D eigenvalue weighted by Crippen LogP contribution is -2.35. The topological polar surface area (TPSA) is 62.1 Å². The second-order valence-corrected chi connectivity index (χ2v) is 3.33. The van der Waals surface area contributed by atoms with Gasteiger partial charge in [0.1, 0.15) is 12.7 Å². The molecular weight excluding hydrogens is 284 g/mol. The molecule has 0 aromatic heterocycles. The summed E-state index contributed by atoms with van der Waals surface area (Å²) in [6, 6.07) is 10.4. The first-order valence-corrected chi connectivity index (χ1v) is 5.53. The predicted octanol–water partition coefficient (Wildman–Crippen LogP) is 1.64. The van der Waals surface area contributed by atoms with Crippen molar-refractivity contribution < 1.29 is 9.53 Å². The molecule has 0 heterocycles. The van der Waals surface area contributed by atoms with E-state index in [0.717, 1.165) is 0 Å². The molecule has 1 aromatic rings. The van der Waals surface area contributed by atoms with E-state index in [1.165, 1.54) is 0 Å². The Hall–Kier alpha value is -1.82. The summed E-state index contributed by atoms with van der Waals surface area (Å²) in [4.78, 5) is 14.1. The number of halogens is 1. The zero-order chi connectivity index (χ0) is 12.5. The van der Waals surface area contributed by atoms with E-state index in [9.17, 15) is 4.79 Å². The van der Waals surface area contributed by atoms with Crippen molar-refractivity contribution >= 4 is 21.8 Å². The third-order valence-corrected chi connectivity index (χ3v) is 2.08. The highest BCUT2D eigenvalue weighted by Crippen LogP contribution is 1.99. The lowest BCUT2D eigenvalue weighted by molar-refractivity contribution is 0.0685. The lowest BCUT2D eigenvalue weighted by Gasteiger charge is -2.10. The van der Waals surface area contributed by atoms with Crippen LogP contribution in [0.2, 0.25) is 0 Å². The molecule has 0 radical (unpaired) electrons. The van der Waals surface area contributed by atoms with E-state index >= 15 is 0 Å². The number of ether oxygens (including phenoxy) is 1. The summed E-state index contributed by atoms with van der Waals surface area (Å²) in [6.45, 7) is 0.0680. The summed E-state index contributed by atoms with van der Waals surface area (Å²) in [5.41, 5.74) is 0.475. The average molecular weight is 293 g/mol. The number of rotatable bonds is 4. The summed E-state index contributed by atoms with van der Waals surface area (Å²) < 4.78 is 5.03. The number of carbonyl (C=O) groups is 1. The first-order valence-electron chi connectivity index (χ1n) is 4.73. The van der Waals surface area contributed by atoms with Crippen molar-refractivity contribution in [2.45, 2.75) is 6.23 Å². The van der Waals surface area contributed by atoms with Crippen LogP contribution in [0.5, 0.6) is 0 Å². The molecule has 86 valence electrons. The SMILES string of the molecule is N#CC(NC(=O)c1ccccc1)OCC#CBr. The van der Waals surface area contributed by atoms with E-state index in [1.54, 1.807) is 30.3 Å². The van der Waals surface area contributed by atoms with E-state index in [-0.39, 0.29) is 12.5 Å². The van der Waals surface area contributed by atoms with Crippen molar-refractivity contribution in [2.24, 2.45) is 0 Å². The van der Waals surface area contributed by atoms with Crippen molar-refractivity contribution in [3.8, 4) is 16.8 Å². The van der Waals surface area contributed by atoms with Gasteiger partial charge in [-0.25, -0.2) is 0 Å². The van der Waals surface area contributed by atoms with E-state index in [1.807, 2.05) is 6.07 Å². The molecule has 0 saturated carbocycles. The molecule has 1 amide bonds. The van der Waals surface area contributed by atoms with E-state index < -0.39 is 6.23 Å². The Morgan fingerprint density at radius 1 is 1.47 bits per heavy atom. The predicted molar refractivity (Wildman–Crippen MR) is 66.0 cm³/mol. The van der Waals surface area contributed by atoms with E-state index in [2.05, 4.69) is 32.0 Å². The van der Waals surface area contributed by atoms with Crippen molar-refractivity contribution in [1.82, 2.24) is 5.32 Å². The largest absolute Gasteiger partial charge is 0.332 e. The van der Waals surface area contributed by atoms with Gasteiger partial charge in [0.05, 0.1) is 0 Å². The van der Waals surface area contributed by atoms with Crippen LogP contribution in [0.15, 0.2) is 30.3 Å². The number of benzene rings is 1. The number of hydrogen-bond donors (Lipinski definition) is 1. The molecule has 0 fully saturated rings. The highest BCUT2D eigenvalue weighted by Gasteiger charge is 2.12. The molecule has 1 unspecified atom stereocenters. The van der Waals surface area contributed by atoms with Crippen LogP contribution < -0.4 is 5.32 Å². The van der Waals surface area contributed by atoms with Gasteiger partial charge in [-0.15, -0.1) is 0 Å². The maximum absolute atomic E-state index is 11.7. The lowest BCUT2D eigenvalue weighted by atomic mass is 10.2. The fourth-order valence-electron chi connectivity index (χ4n) is 1.06. The van der Waals surface area contributed by atoms with Gasteiger partial charge < -0.3 is 10.1 Å². The number of nitriles is 1. The van der Waals surface area contributed by atoms with Crippen LogP contribution in [0.25, 0.3) is 0 Å². The molecule has 1 N–H and O–H groups in total. The van der Waals surface area contributed by atoms with Gasteiger partial charge in [-0.3, -0.25) is 4.79 Å². The van der Waals surface area contributed by atoms with Crippen LogP contribution in [0, 0.1) is 22.1 Å². The molecule has 0 bridgehead atoms. The minimum Gasteiger partial charge on any atom is -0.332 e. The standard InChI is InChI=1S/C12H9BrN2O2/c13-7-4-8-17-11(9-14)15-12(16)10-5-2-1-3-6-10/h1-3,5-6,11H,8H2,(H,15,16). The third-order valence-electron chi connectivity index (χ3n) is 1.80. The maximum Gasteiger partial charge on any atom is 0.254 e. The van der Waals surface area contributed by atoms with Gasteiger partial charge in [0, 0.05) is 21.5 Å². The van der Waals surface area contributed by atoms with Crippen LogP contribution in [0.1, 0.15) is 10.4 Å².